The van der Waals surface area contributed by atoms with Crippen LogP contribution in [0.25, 0.3) is 0 Å². The second-order valence-corrected chi connectivity index (χ2v) is 6.63. The summed E-state index contributed by atoms with van der Waals surface area (Å²) in [5.41, 5.74) is 2.14. The number of aliphatic imine (C=N–C) groups is 1. The van der Waals surface area contributed by atoms with Crippen molar-refractivity contribution in [2.24, 2.45) is 4.99 Å². The van der Waals surface area contributed by atoms with Gasteiger partial charge < -0.3 is 14.4 Å². The van der Waals surface area contributed by atoms with Crippen LogP contribution in [0.4, 0.5) is 10.1 Å². The third kappa shape index (κ3) is 2.89. The van der Waals surface area contributed by atoms with Crippen LogP contribution >= 0.6 is 0 Å². The molecule has 0 spiro atoms. The summed E-state index contributed by atoms with van der Waals surface area (Å²) in [6.07, 6.45) is 0. The number of fused-ring (bicyclic) bond motifs is 2. The summed E-state index contributed by atoms with van der Waals surface area (Å²) in [5, 5.41) is 0. The average Bonchev–Trinajstić information content (AvgIpc) is 3.07. The van der Waals surface area contributed by atoms with Crippen LogP contribution in [0, 0.1) is 5.82 Å². The summed E-state index contributed by atoms with van der Waals surface area (Å²) in [6, 6.07) is 9.82. The lowest BCUT2D eigenvalue weighted by molar-refractivity contribution is 0.0846. The van der Waals surface area contributed by atoms with Gasteiger partial charge in [0.15, 0.2) is 11.5 Å². The Morgan fingerprint density at radius 3 is 2.48 bits per heavy atom. The lowest BCUT2D eigenvalue weighted by atomic mass is 10.1. The van der Waals surface area contributed by atoms with Crippen molar-refractivity contribution in [3.63, 3.8) is 0 Å². The van der Waals surface area contributed by atoms with E-state index in [1.165, 1.54) is 12.1 Å². The number of hydrogen-bond donors (Lipinski definition) is 0. The third-order valence-electron chi connectivity index (χ3n) is 4.79. The first kappa shape index (κ1) is 17.3. The van der Waals surface area contributed by atoms with Crippen molar-refractivity contribution >= 4 is 17.6 Å². The van der Waals surface area contributed by atoms with Gasteiger partial charge in [-0.3, -0.25) is 9.69 Å². The molecule has 0 saturated carbocycles. The number of carbonyl (C=O) groups is 1. The maximum absolute atomic E-state index is 13.3. The van der Waals surface area contributed by atoms with Gasteiger partial charge in [-0.05, 0) is 30.7 Å². The number of rotatable bonds is 4. The maximum Gasteiger partial charge on any atom is 0.262 e. The molecule has 4 rings (SSSR count). The molecule has 0 saturated heterocycles. The quantitative estimate of drug-likeness (QED) is 0.831. The molecule has 0 bridgehead atoms. The zero-order valence-corrected chi connectivity index (χ0v) is 15.4. The lowest BCUT2D eigenvalue weighted by Crippen LogP contribution is -2.49. The number of nitrogens with zero attached hydrogens (tertiary/aromatic N) is 3. The molecule has 6 nitrogen and oxygen atoms in total. The van der Waals surface area contributed by atoms with E-state index in [1.54, 1.807) is 43.4 Å². The molecule has 0 aromatic heterocycles. The highest BCUT2D eigenvalue weighted by molar-refractivity contribution is 6.19. The highest BCUT2D eigenvalue weighted by Gasteiger charge is 2.40. The molecule has 2 aromatic carbocycles. The number of anilines is 1. The average molecular weight is 369 g/mol. The molecule has 1 atom stereocenters. The third-order valence-corrected chi connectivity index (χ3v) is 4.79. The molecule has 140 valence electrons. The second-order valence-electron chi connectivity index (χ2n) is 6.63. The fourth-order valence-corrected chi connectivity index (χ4v) is 3.49. The number of ether oxygens (including phenoxy) is 2. The standard InChI is InChI=1S/C20H20FN3O3/c1-12-10-24-19(25)15-8-17(26-2)18(27-3)9-16(15)23(20(24)22-12)11-13-4-6-14(21)7-5-13/h4-9,12H,10-11H2,1-3H3. The number of methoxy groups -OCH3 is 2. The Balaban J connectivity index is 1.84. The van der Waals surface area contributed by atoms with Crippen molar-refractivity contribution in [1.82, 2.24) is 4.90 Å². The minimum Gasteiger partial charge on any atom is -0.493 e. The molecule has 2 heterocycles. The molecule has 2 aliphatic heterocycles. The van der Waals surface area contributed by atoms with Crippen LogP contribution in [-0.2, 0) is 6.54 Å². The van der Waals surface area contributed by atoms with Crippen molar-refractivity contribution < 1.29 is 18.7 Å². The van der Waals surface area contributed by atoms with Gasteiger partial charge in [0, 0.05) is 6.07 Å². The summed E-state index contributed by atoms with van der Waals surface area (Å²) in [5.74, 6) is 1.25. The van der Waals surface area contributed by atoms with Crippen LogP contribution in [0.1, 0.15) is 22.8 Å². The van der Waals surface area contributed by atoms with E-state index >= 15 is 0 Å². The molecule has 0 aliphatic carbocycles. The van der Waals surface area contributed by atoms with Crippen LogP contribution in [-0.4, -0.2) is 43.6 Å². The van der Waals surface area contributed by atoms with Crippen molar-refractivity contribution in [2.45, 2.75) is 19.5 Å². The van der Waals surface area contributed by atoms with E-state index < -0.39 is 0 Å². The summed E-state index contributed by atoms with van der Waals surface area (Å²) >= 11 is 0. The molecule has 2 aliphatic rings. The molecular formula is C20H20FN3O3. The Hall–Kier alpha value is -3.09. The van der Waals surface area contributed by atoms with Gasteiger partial charge in [-0.1, -0.05) is 12.1 Å². The molecule has 0 fully saturated rings. The van der Waals surface area contributed by atoms with Crippen molar-refractivity contribution in [3.05, 3.63) is 53.3 Å². The number of hydrogen-bond acceptors (Lipinski definition) is 5. The van der Waals surface area contributed by atoms with E-state index in [0.717, 1.165) is 5.56 Å². The van der Waals surface area contributed by atoms with Gasteiger partial charge in [-0.2, -0.15) is 0 Å². The Kier molecular flexibility index (Phi) is 4.22. The van der Waals surface area contributed by atoms with Crippen LogP contribution in [0.15, 0.2) is 41.4 Å². The first-order chi connectivity index (χ1) is 13.0. The van der Waals surface area contributed by atoms with E-state index in [1.807, 2.05) is 11.8 Å². The number of carbonyl (C=O) groups excluding carboxylic acids is 1. The maximum atomic E-state index is 13.3. The van der Waals surface area contributed by atoms with Crippen LogP contribution < -0.4 is 14.4 Å². The van der Waals surface area contributed by atoms with E-state index in [0.29, 0.717) is 41.8 Å². The van der Waals surface area contributed by atoms with Gasteiger partial charge in [0.2, 0.25) is 5.96 Å². The van der Waals surface area contributed by atoms with E-state index in [2.05, 4.69) is 4.99 Å². The molecule has 0 N–H and O–H groups in total. The molecular weight excluding hydrogens is 349 g/mol. The van der Waals surface area contributed by atoms with E-state index in [-0.39, 0.29) is 17.8 Å². The number of amides is 1. The SMILES string of the molecule is COc1cc2c(cc1OC)N(Cc1ccc(F)cc1)C1=NC(C)CN1C2=O. The van der Waals surface area contributed by atoms with Crippen molar-refractivity contribution in [3.8, 4) is 11.5 Å². The van der Waals surface area contributed by atoms with E-state index in [9.17, 15) is 9.18 Å². The zero-order chi connectivity index (χ0) is 19.1. The topological polar surface area (TPSA) is 54.4 Å². The largest absolute Gasteiger partial charge is 0.493 e. The molecule has 2 aromatic rings. The predicted molar refractivity (Wildman–Crippen MR) is 100 cm³/mol. The minimum atomic E-state index is -0.284. The molecule has 27 heavy (non-hydrogen) atoms. The Morgan fingerprint density at radius 1 is 1.15 bits per heavy atom. The molecule has 0 radical (unpaired) electrons. The van der Waals surface area contributed by atoms with Gasteiger partial charge in [-0.15, -0.1) is 0 Å². The fourth-order valence-electron chi connectivity index (χ4n) is 3.49. The second kappa shape index (κ2) is 6.57. The molecule has 7 heteroatoms. The summed E-state index contributed by atoms with van der Waals surface area (Å²) < 4.78 is 24.1. The number of guanidine groups is 1. The number of benzene rings is 2. The van der Waals surface area contributed by atoms with Crippen LogP contribution in [0.5, 0.6) is 11.5 Å². The highest BCUT2D eigenvalue weighted by atomic mass is 19.1. The van der Waals surface area contributed by atoms with Crippen molar-refractivity contribution in [2.75, 3.05) is 25.7 Å². The highest BCUT2D eigenvalue weighted by Crippen LogP contribution is 2.40. The Labute approximate surface area is 156 Å². The Morgan fingerprint density at radius 2 is 1.81 bits per heavy atom. The fraction of sp³-hybridized carbons (Fsp3) is 0.300. The minimum absolute atomic E-state index is 0.0118. The summed E-state index contributed by atoms with van der Waals surface area (Å²) in [4.78, 5) is 21.3. The Bertz CT molecular complexity index is 927. The van der Waals surface area contributed by atoms with Crippen LogP contribution in [0.3, 0.4) is 0 Å². The predicted octanol–water partition coefficient (Wildman–Crippen LogP) is 3.06. The summed E-state index contributed by atoms with van der Waals surface area (Å²) in [6.45, 7) is 2.96. The lowest BCUT2D eigenvalue weighted by Gasteiger charge is -2.36. The number of halogens is 1. The first-order valence-corrected chi connectivity index (χ1v) is 8.69. The van der Waals surface area contributed by atoms with Gasteiger partial charge in [0.1, 0.15) is 5.82 Å². The monoisotopic (exact) mass is 369 g/mol. The smallest absolute Gasteiger partial charge is 0.262 e. The van der Waals surface area contributed by atoms with Gasteiger partial charge in [0.05, 0.1) is 44.6 Å². The first-order valence-electron chi connectivity index (χ1n) is 8.69. The van der Waals surface area contributed by atoms with Gasteiger partial charge >= 0.3 is 0 Å². The molecule has 1 amide bonds. The molecule has 1 unspecified atom stereocenters. The normalized spacial score (nSPS) is 18.1. The van der Waals surface area contributed by atoms with Crippen molar-refractivity contribution in [1.29, 1.82) is 0 Å². The van der Waals surface area contributed by atoms with Gasteiger partial charge in [0.25, 0.3) is 5.91 Å². The zero-order valence-electron chi connectivity index (χ0n) is 15.4. The van der Waals surface area contributed by atoms with Gasteiger partial charge in [-0.25, -0.2) is 9.38 Å². The van der Waals surface area contributed by atoms with E-state index in [4.69, 9.17) is 9.47 Å². The summed E-state index contributed by atoms with van der Waals surface area (Å²) in [7, 11) is 3.10. The van der Waals surface area contributed by atoms with Crippen LogP contribution in [0.2, 0.25) is 0 Å².